The zero-order chi connectivity index (χ0) is 26.8. The predicted molar refractivity (Wildman–Crippen MR) is 159 cm³/mol. The molecule has 0 saturated heterocycles. The topological polar surface area (TPSA) is 29.5 Å². The van der Waals surface area contributed by atoms with Crippen LogP contribution in [0.1, 0.15) is 33.1 Å². The van der Waals surface area contributed by atoms with E-state index in [1.54, 1.807) is 0 Å². The van der Waals surface area contributed by atoms with Gasteiger partial charge in [-0.3, -0.25) is 0 Å². The molecule has 5 aromatic rings. The van der Waals surface area contributed by atoms with Gasteiger partial charge in [-0.1, -0.05) is 79.7 Å². The fourth-order valence-electron chi connectivity index (χ4n) is 5.25. The number of nitrogens with zero attached hydrogens (tertiary/aromatic N) is 2. The number of rotatable bonds is 7. The average Bonchev–Trinajstić information content (AvgIpc) is 3.53. The minimum atomic E-state index is 0. The molecule has 5 heteroatoms. The lowest BCUT2D eigenvalue weighted by molar-refractivity contribution is -0.674. The Hall–Kier alpha value is -4.09. The molecule has 4 nitrogen and oxygen atoms in total. The fourth-order valence-corrected chi connectivity index (χ4v) is 5.25. The van der Waals surface area contributed by atoms with E-state index >= 15 is 0 Å². The van der Waals surface area contributed by atoms with E-state index in [1.807, 2.05) is 12.1 Å². The van der Waals surface area contributed by atoms with Crippen molar-refractivity contribution in [3.63, 3.8) is 0 Å². The van der Waals surface area contributed by atoms with Gasteiger partial charge in [0.05, 0.1) is 11.8 Å². The van der Waals surface area contributed by atoms with Crippen molar-refractivity contribution >= 4 is 22.9 Å². The highest BCUT2D eigenvalue weighted by Gasteiger charge is 2.26. The first kappa shape index (κ1) is 27.5. The molecule has 1 aliphatic heterocycles. The Bertz CT molecular complexity index is 1690. The van der Waals surface area contributed by atoms with Crippen molar-refractivity contribution in [1.82, 2.24) is 0 Å². The number of aryl methyl sites for hydroxylation is 1. The van der Waals surface area contributed by atoms with E-state index in [-0.39, 0.29) is 17.0 Å². The Morgan fingerprint density at radius 1 is 0.775 bits per heavy atom. The van der Waals surface area contributed by atoms with Crippen LogP contribution in [-0.2, 0) is 6.54 Å². The van der Waals surface area contributed by atoms with E-state index in [9.17, 15) is 0 Å². The molecule has 1 aromatic heterocycles. The Balaban J connectivity index is 0.00000323. The lowest BCUT2D eigenvalue weighted by Crippen LogP contribution is -3.00. The van der Waals surface area contributed by atoms with Crippen LogP contribution in [0.5, 0.6) is 5.75 Å². The van der Waals surface area contributed by atoms with Crippen molar-refractivity contribution in [1.29, 1.82) is 0 Å². The second-order valence-electron chi connectivity index (χ2n) is 9.68. The summed E-state index contributed by atoms with van der Waals surface area (Å²) in [6.07, 6.45) is 5.15. The molecule has 6 rings (SSSR count). The van der Waals surface area contributed by atoms with E-state index < -0.39 is 0 Å². The van der Waals surface area contributed by atoms with Gasteiger partial charge in [0, 0.05) is 18.7 Å². The number of fused-ring (bicyclic) bond motifs is 2. The van der Waals surface area contributed by atoms with E-state index in [4.69, 9.17) is 9.15 Å². The van der Waals surface area contributed by atoms with Crippen LogP contribution in [0.3, 0.4) is 0 Å². The molecule has 0 unspecified atom stereocenters. The number of allylic oxidation sites excluding steroid dienone is 2. The maximum Gasteiger partial charge on any atom is 0.374 e. The molecule has 0 amide bonds. The van der Waals surface area contributed by atoms with Crippen LogP contribution >= 0.6 is 0 Å². The molecule has 0 fully saturated rings. The summed E-state index contributed by atoms with van der Waals surface area (Å²) in [5.41, 5.74) is 9.00. The van der Waals surface area contributed by atoms with E-state index in [0.29, 0.717) is 0 Å². The summed E-state index contributed by atoms with van der Waals surface area (Å²) in [6.45, 7) is 8.12. The summed E-state index contributed by atoms with van der Waals surface area (Å²) in [7, 11) is 0. The monoisotopic (exact) mass is 592 g/mol. The van der Waals surface area contributed by atoms with Crippen LogP contribution in [0.15, 0.2) is 119 Å². The molecule has 202 valence electrons. The summed E-state index contributed by atoms with van der Waals surface area (Å²) in [5, 5.41) is 0. The molecule has 0 atom stereocenters. The van der Waals surface area contributed by atoms with Gasteiger partial charge in [-0.2, -0.15) is 4.57 Å². The third kappa shape index (κ3) is 5.22. The first-order valence-corrected chi connectivity index (χ1v) is 13.8. The van der Waals surface area contributed by atoms with Crippen LogP contribution in [0.25, 0.3) is 39.4 Å². The van der Waals surface area contributed by atoms with Crippen molar-refractivity contribution < 1.29 is 30.7 Å². The van der Waals surface area contributed by atoms with E-state index in [0.717, 1.165) is 59.4 Å². The number of hydrogen-bond acceptors (Lipinski definition) is 3. The molecule has 0 spiro atoms. The Labute approximate surface area is 246 Å². The molecule has 2 heterocycles. The second kappa shape index (κ2) is 12.0. The van der Waals surface area contributed by atoms with Gasteiger partial charge >= 0.3 is 5.89 Å². The first-order chi connectivity index (χ1) is 19.2. The fraction of sp³-hybridized carbons (Fsp3) is 0.171. The molecule has 40 heavy (non-hydrogen) atoms. The van der Waals surface area contributed by atoms with E-state index in [2.05, 4.69) is 127 Å². The SMILES string of the molecule is CCC(=Cc1oc2ccc(-c3ccccc3)cc2[n+]1CC)C=C1Oc2ccc(-c3ccccc3)cc2N1CC.[Br-]. The van der Waals surface area contributed by atoms with Crippen LogP contribution in [-0.4, -0.2) is 6.54 Å². The minimum Gasteiger partial charge on any atom is -1.00 e. The summed E-state index contributed by atoms with van der Waals surface area (Å²) in [5.74, 6) is 2.58. The third-order valence-corrected chi connectivity index (χ3v) is 7.33. The number of halogens is 1. The van der Waals surface area contributed by atoms with Gasteiger partial charge in [0.15, 0.2) is 5.75 Å². The lowest BCUT2D eigenvalue weighted by Gasteiger charge is -2.16. The van der Waals surface area contributed by atoms with Crippen molar-refractivity contribution in [3.8, 4) is 28.0 Å². The summed E-state index contributed by atoms with van der Waals surface area (Å²) < 4.78 is 15.0. The number of ether oxygens (including phenoxy) is 1. The first-order valence-electron chi connectivity index (χ1n) is 13.8. The highest BCUT2D eigenvalue weighted by Crippen LogP contribution is 2.42. The van der Waals surface area contributed by atoms with Crippen LogP contribution < -0.4 is 31.2 Å². The summed E-state index contributed by atoms with van der Waals surface area (Å²) >= 11 is 0. The number of benzene rings is 4. The average molecular weight is 594 g/mol. The standard InChI is InChI=1S/C35H33N2O2.BrH/c1-4-25(21-34-36(5-2)30-23-28(17-19-32(30)38-34)26-13-9-7-10-14-26)22-35-37(6-3)31-24-29(18-20-33(31)39-35)27-15-11-8-12-16-27;/h7-24H,4-6H2,1-3H3;1H/q+1;/p-1. The normalized spacial score (nSPS) is 13.8. The van der Waals surface area contributed by atoms with Gasteiger partial charge in [-0.15, -0.1) is 0 Å². The van der Waals surface area contributed by atoms with Crippen molar-refractivity contribution in [3.05, 3.63) is 120 Å². The molecular formula is C35H33BrN2O2. The smallest absolute Gasteiger partial charge is 0.374 e. The molecule has 4 aromatic carbocycles. The molecule has 0 N–H and O–H groups in total. The molecular weight excluding hydrogens is 560 g/mol. The third-order valence-electron chi connectivity index (χ3n) is 7.33. The molecule has 0 aliphatic carbocycles. The molecule has 0 bridgehead atoms. The van der Waals surface area contributed by atoms with Crippen LogP contribution in [0.4, 0.5) is 5.69 Å². The molecule has 0 saturated carbocycles. The largest absolute Gasteiger partial charge is 1.00 e. The van der Waals surface area contributed by atoms with Crippen LogP contribution in [0.2, 0.25) is 0 Å². The highest BCUT2D eigenvalue weighted by molar-refractivity contribution is 5.79. The Morgan fingerprint density at radius 3 is 2.05 bits per heavy atom. The second-order valence-corrected chi connectivity index (χ2v) is 9.68. The van der Waals surface area contributed by atoms with Gasteiger partial charge in [0.25, 0.3) is 5.52 Å². The Kier molecular flexibility index (Phi) is 8.22. The lowest BCUT2D eigenvalue weighted by atomic mass is 10.0. The highest BCUT2D eigenvalue weighted by atomic mass is 79.9. The number of hydrogen-bond donors (Lipinski definition) is 0. The van der Waals surface area contributed by atoms with Gasteiger partial charge < -0.3 is 31.0 Å². The van der Waals surface area contributed by atoms with Gasteiger partial charge in [-0.05, 0) is 66.3 Å². The van der Waals surface area contributed by atoms with Gasteiger partial charge in [0.1, 0.15) is 6.54 Å². The maximum absolute atomic E-state index is 6.36. The zero-order valence-electron chi connectivity index (χ0n) is 23.1. The summed E-state index contributed by atoms with van der Waals surface area (Å²) in [6, 6.07) is 33.8. The van der Waals surface area contributed by atoms with E-state index in [1.165, 1.54) is 22.3 Å². The summed E-state index contributed by atoms with van der Waals surface area (Å²) in [4.78, 5) is 2.24. The quantitative estimate of drug-likeness (QED) is 0.229. The number of oxazole rings is 1. The van der Waals surface area contributed by atoms with Gasteiger partial charge in [-0.25, -0.2) is 0 Å². The van der Waals surface area contributed by atoms with Gasteiger partial charge in [0.2, 0.25) is 11.5 Å². The van der Waals surface area contributed by atoms with Crippen molar-refractivity contribution in [2.24, 2.45) is 0 Å². The number of anilines is 1. The predicted octanol–water partition coefficient (Wildman–Crippen LogP) is 5.63. The Morgan fingerprint density at radius 2 is 1.43 bits per heavy atom. The van der Waals surface area contributed by atoms with Crippen molar-refractivity contribution in [2.45, 2.75) is 33.7 Å². The minimum absolute atomic E-state index is 0. The zero-order valence-corrected chi connectivity index (χ0v) is 24.7. The molecule has 1 aliphatic rings. The van der Waals surface area contributed by atoms with Crippen molar-refractivity contribution in [2.75, 3.05) is 11.4 Å². The maximum atomic E-state index is 6.36. The van der Waals surface area contributed by atoms with Crippen LogP contribution in [0, 0.1) is 0 Å². The number of aromatic nitrogens is 1. The molecule has 0 radical (unpaired) electrons.